The molecule has 0 aliphatic carbocycles. The van der Waals surface area contributed by atoms with Crippen molar-refractivity contribution >= 4 is 44.4 Å². The summed E-state index contributed by atoms with van der Waals surface area (Å²) < 4.78 is 28.0. The van der Waals surface area contributed by atoms with E-state index in [1.165, 1.54) is 18.3 Å². The monoisotopic (exact) mass is 414 g/mol. The zero-order valence-electron chi connectivity index (χ0n) is 14.0. The van der Waals surface area contributed by atoms with Crippen LogP contribution in [0.3, 0.4) is 0 Å². The molecule has 0 spiro atoms. The van der Waals surface area contributed by atoms with Gasteiger partial charge in [0, 0.05) is 11.4 Å². The van der Waals surface area contributed by atoms with Gasteiger partial charge in [-0.15, -0.1) is 22.7 Å². The van der Waals surface area contributed by atoms with Gasteiger partial charge in [-0.2, -0.15) is 0 Å². The van der Waals surface area contributed by atoms with Crippen LogP contribution in [0.25, 0.3) is 9.88 Å². The Kier molecular flexibility index (Phi) is 5.73. The van der Waals surface area contributed by atoms with Crippen LogP contribution in [0, 0.1) is 0 Å². The van der Waals surface area contributed by atoms with Gasteiger partial charge in [0.05, 0.1) is 28.5 Å². The average Bonchev–Trinajstić information content (AvgIpc) is 3.28. The molecule has 1 fully saturated rings. The molecule has 1 N–H and O–H groups in total. The lowest BCUT2D eigenvalue weighted by Crippen LogP contribution is -2.42. The van der Waals surface area contributed by atoms with Crippen LogP contribution in [-0.2, 0) is 30.6 Å². The van der Waals surface area contributed by atoms with E-state index in [0.29, 0.717) is 12.1 Å². The quantitative estimate of drug-likeness (QED) is 0.721. The number of thiophene rings is 1. The molecule has 140 valence electrons. The van der Waals surface area contributed by atoms with Gasteiger partial charge in [-0.05, 0) is 24.8 Å². The maximum Gasteiger partial charge on any atom is 0.312 e. The first-order chi connectivity index (χ1) is 12.3. The van der Waals surface area contributed by atoms with E-state index in [4.69, 9.17) is 4.74 Å². The van der Waals surface area contributed by atoms with Crippen molar-refractivity contribution < 1.29 is 22.7 Å². The van der Waals surface area contributed by atoms with Gasteiger partial charge in [-0.3, -0.25) is 9.59 Å². The molecule has 0 saturated carbocycles. The predicted octanol–water partition coefficient (Wildman–Crippen LogP) is 1.65. The van der Waals surface area contributed by atoms with Crippen molar-refractivity contribution in [2.24, 2.45) is 0 Å². The van der Waals surface area contributed by atoms with Gasteiger partial charge in [0.1, 0.15) is 5.01 Å². The van der Waals surface area contributed by atoms with Gasteiger partial charge in [0.2, 0.25) is 0 Å². The molecule has 7 nitrogen and oxygen atoms in total. The Balaban J connectivity index is 1.49. The SMILES string of the molecule is C[C@H](OC(=O)Cc1csc(-c2cccs2)n1)C(=O)N[C@@H]1CCS(=O)(=O)C1. The molecule has 0 aromatic carbocycles. The van der Waals surface area contributed by atoms with Crippen LogP contribution in [0.4, 0.5) is 0 Å². The van der Waals surface area contributed by atoms with Crippen molar-refractivity contribution in [3.05, 3.63) is 28.6 Å². The minimum Gasteiger partial charge on any atom is -0.452 e. The van der Waals surface area contributed by atoms with Crippen molar-refractivity contribution in [2.75, 3.05) is 11.5 Å². The van der Waals surface area contributed by atoms with Gasteiger partial charge < -0.3 is 10.1 Å². The summed E-state index contributed by atoms with van der Waals surface area (Å²) in [6.07, 6.45) is -0.614. The molecule has 3 rings (SSSR count). The van der Waals surface area contributed by atoms with Crippen LogP contribution >= 0.6 is 22.7 Å². The molecule has 26 heavy (non-hydrogen) atoms. The summed E-state index contributed by atoms with van der Waals surface area (Å²) in [5.41, 5.74) is 0.595. The number of sulfone groups is 1. The fraction of sp³-hybridized carbons (Fsp3) is 0.438. The molecule has 2 aromatic rings. The first kappa shape index (κ1) is 19.0. The first-order valence-corrected chi connectivity index (χ1v) is 11.6. The summed E-state index contributed by atoms with van der Waals surface area (Å²) in [5.74, 6) is -1.03. The molecular weight excluding hydrogens is 396 g/mol. The highest BCUT2D eigenvalue weighted by molar-refractivity contribution is 7.91. The zero-order chi connectivity index (χ0) is 18.7. The second-order valence-electron chi connectivity index (χ2n) is 6.04. The summed E-state index contributed by atoms with van der Waals surface area (Å²) >= 11 is 3.02. The number of amides is 1. The van der Waals surface area contributed by atoms with Gasteiger partial charge >= 0.3 is 5.97 Å². The maximum atomic E-state index is 12.1. The number of carbonyl (C=O) groups is 2. The van der Waals surface area contributed by atoms with Crippen LogP contribution in [0.5, 0.6) is 0 Å². The molecule has 3 heterocycles. The maximum absolute atomic E-state index is 12.1. The lowest BCUT2D eigenvalue weighted by atomic mass is 10.2. The van der Waals surface area contributed by atoms with E-state index >= 15 is 0 Å². The predicted molar refractivity (Wildman–Crippen MR) is 99.9 cm³/mol. The Bertz CT molecular complexity index is 889. The molecule has 1 amide bonds. The van der Waals surface area contributed by atoms with Gasteiger partial charge in [0.15, 0.2) is 15.9 Å². The summed E-state index contributed by atoms with van der Waals surface area (Å²) in [5, 5.41) is 7.22. The molecule has 10 heteroatoms. The van der Waals surface area contributed by atoms with Gasteiger partial charge in [0.25, 0.3) is 5.91 Å². The molecule has 1 aliphatic rings. The highest BCUT2D eigenvalue weighted by Gasteiger charge is 2.30. The van der Waals surface area contributed by atoms with Crippen molar-refractivity contribution in [2.45, 2.75) is 31.9 Å². The molecule has 1 saturated heterocycles. The molecule has 2 aromatic heterocycles. The number of aromatic nitrogens is 1. The van der Waals surface area contributed by atoms with E-state index in [9.17, 15) is 18.0 Å². The van der Waals surface area contributed by atoms with E-state index in [1.54, 1.807) is 16.7 Å². The van der Waals surface area contributed by atoms with E-state index in [2.05, 4.69) is 10.3 Å². The van der Waals surface area contributed by atoms with Crippen LogP contribution in [0.1, 0.15) is 19.0 Å². The third kappa shape index (κ3) is 4.89. The van der Waals surface area contributed by atoms with E-state index in [1.807, 2.05) is 17.5 Å². The summed E-state index contributed by atoms with van der Waals surface area (Å²) in [7, 11) is -3.08. The van der Waals surface area contributed by atoms with Crippen LogP contribution in [0.15, 0.2) is 22.9 Å². The van der Waals surface area contributed by atoms with Crippen molar-refractivity contribution in [3.8, 4) is 9.88 Å². The number of ether oxygens (including phenoxy) is 1. The molecule has 0 radical (unpaired) electrons. The lowest BCUT2D eigenvalue weighted by Gasteiger charge is -2.16. The highest BCUT2D eigenvalue weighted by atomic mass is 32.2. The van der Waals surface area contributed by atoms with Crippen LogP contribution < -0.4 is 5.32 Å². The minimum atomic E-state index is -3.08. The number of hydrogen-bond acceptors (Lipinski definition) is 8. The van der Waals surface area contributed by atoms with Crippen molar-refractivity contribution in [3.63, 3.8) is 0 Å². The van der Waals surface area contributed by atoms with Crippen molar-refractivity contribution in [1.82, 2.24) is 10.3 Å². The molecule has 0 unspecified atom stereocenters. The smallest absolute Gasteiger partial charge is 0.312 e. The number of hydrogen-bond donors (Lipinski definition) is 1. The fourth-order valence-electron chi connectivity index (χ4n) is 2.57. The van der Waals surface area contributed by atoms with E-state index in [-0.39, 0.29) is 17.9 Å². The highest BCUT2D eigenvalue weighted by Crippen LogP contribution is 2.27. The Hall–Kier alpha value is -1.78. The van der Waals surface area contributed by atoms with E-state index in [0.717, 1.165) is 9.88 Å². The van der Waals surface area contributed by atoms with Crippen LogP contribution in [0.2, 0.25) is 0 Å². The Labute approximate surface area is 159 Å². The summed E-state index contributed by atoms with van der Waals surface area (Å²) in [6.45, 7) is 1.47. The standard InChI is InChI=1S/C16H18N2O5S3/c1-10(15(20)17-11-4-6-26(21,22)9-11)23-14(19)7-12-8-25-16(18-12)13-3-2-5-24-13/h2-3,5,8,10-11H,4,6-7,9H2,1H3,(H,17,20)/t10-,11+/m0/s1. The number of nitrogens with one attached hydrogen (secondary N) is 1. The van der Waals surface area contributed by atoms with Crippen molar-refractivity contribution in [1.29, 1.82) is 0 Å². The van der Waals surface area contributed by atoms with E-state index < -0.39 is 33.9 Å². The number of rotatable bonds is 6. The minimum absolute atomic E-state index is 0.0166. The second-order valence-corrected chi connectivity index (χ2v) is 10.1. The number of nitrogens with zero attached hydrogens (tertiary/aromatic N) is 1. The number of esters is 1. The largest absolute Gasteiger partial charge is 0.452 e. The normalized spacial score (nSPS) is 19.8. The number of thiazole rings is 1. The van der Waals surface area contributed by atoms with Crippen LogP contribution in [-0.4, -0.2) is 48.9 Å². The van der Waals surface area contributed by atoms with Gasteiger partial charge in [-0.25, -0.2) is 13.4 Å². The fourth-order valence-corrected chi connectivity index (χ4v) is 5.88. The summed E-state index contributed by atoms with van der Waals surface area (Å²) in [4.78, 5) is 29.5. The number of carbonyl (C=O) groups excluding carboxylic acids is 2. The molecule has 2 atom stereocenters. The Morgan fingerprint density at radius 1 is 1.42 bits per heavy atom. The topological polar surface area (TPSA) is 102 Å². The third-order valence-electron chi connectivity index (χ3n) is 3.87. The average molecular weight is 415 g/mol. The molecular formula is C16H18N2O5S3. The lowest BCUT2D eigenvalue weighted by molar-refractivity contribution is -0.154. The zero-order valence-corrected chi connectivity index (χ0v) is 16.5. The molecule has 0 bridgehead atoms. The molecule has 1 aliphatic heterocycles. The van der Waals surface area contributed by atoms with Gasteiger partial charge in [-0.1, -0.05) is 6.07 Å². The Morgan fingerprint density at radius 3 is 2.88 bits per heavy atom. The third-order valence-corrected chi connectivity index (χ3v) is 7.56. The Morgan fingerprint density at radius 2 is 2.23 bits per heavy atom. The summed E-state index contributed by atoms with van der Waals surface area (Å²) in [6, 6.07) is 3.48. The first-order valence-electron chi connectivity index (χ1n) is 8.01. The second kappa shape index (κ2) is 7.85.